The van der Waals surface area contributed by atoms with Crippen molar-refractivity contribution in [1.29, 1.82) is 0 Å². The highest BCUT2D eigenvalue weighted by Crippen LogP contribution is 2.52. The minimum absolute atomic E-state index is 0.0197. The summed E-state index contributed by atoms with van der Waals surface area (Å²) >= 11 is 0. The van der Waals surface area contributed by atoms with Gasteiger partial charge in [0.2, 0.25) is 5.91 Å². The second-order valence-corrected chi connectivity index (χ2v) is 9.78. The van der Waals surface area contributed by atoms with Crippen molar-refractivity contribution >= 4 is 12.0 Å². The third-order valence-electron chi connectivity index (χ3n) is 6.54. The molecular formula is C22H34N4O3. The molecule has 160 valence electrons. The molecule has 7 nitrogen and oxygen atoms in total. The van der Waals surface area contributed by atoms with Crippen LogP contribution in [-0.4, -0.2) is 47.8 Å². The Kier molecular flexibility index (Phi) is 6.21. The molecule has 0 radical (unpaired) electrons. The van der Waals surface area contributed by atoms with Gasteiger partial charge < -0.3 is 15.0 Å². The van der Waals surface area contributed by atoms with Crippen LogP contribution >= 0.6 is 0 Å². The van der Waals surface area contributed by atoms with Crippen molar-refractivity contribution < 1.29 is 14.3 Å². The van der Waals surface area contributed by atoms with Crippen LogP contribution in [0.15, 0.2) is 10.2 Å². The fourth-order valence-electron chi connectivity index (χ4n) is 4.48. The molecule has 0 aromatic carbocycles. The van der Waals surface area contributed by atoms with E-state index in [1.165, 1.54) is 19.3 Å². The fourth-order valence-corrected chi connectivity index (χ4v) is 4.48. The largest absolute Gasteiger partial charge is 0.444 e. The van der Waals surface area contributed by atoms with E-state index < -0.39 is 11.3 Å². The van der Waals surface area contributed by atoms with Crippen LogP contribution in [0.5, 0.6) is 0 Å². The Hall–Kier alpha value is -2.10. The lowest BCUT2D eigenvalue weighted by Crippen LogP contribution is -2.56. The molecule has 2 amide bonds. The van der Waals surface area contributed by atoms with Crippen molar-refractivity contribution in [2.75, 3.05) is 19.6 Å². The summed E-state index contributed by atoms with van der Waals surface area (Å²) in [6, 6.07) is 0. The Morgan fingerprint density at radius 2 is 1.97 bits per heavy atom. The average molecular weight is 403 g/mol. The first-order chi connectivity index (χ1) is 13.7. The SMILES string of the molecule is C#CCCC1(CCC(=O)NCC2CN(C(=O)OC(C)(C)C)CCC23CCC3)N=N1. The molecule has 1 saturated heterocycles. The molecule has 0 bridgehead atoms. The van der Waals surface area contributed by atoms with Gasteiger partial charge in [0.1, 0.15) is 5.60 Å². The van der Waals surface area contributed by atoms with E-state index in [4.69, 9.17) is 11.2 Å². The number of nitrogens with zero attached hydrogens (tertiary/aromatic N) is 3. The van der Waals surface area contributed by atoms with Crippen molar-refractivity contribution in [2.45, 2.75) is 83.4 Å². The molecule has 2 heterocycles. The van der Waals surface area contributed by atoms with Gasteiger partial charge in [-0.05, 0) is 51.4 Å². The summed E-state index contributed by atoms with van der Waals surface area (Å²) in [5.74, 6) is 2.90. The van der Waals surface area contributed by atoms with Crippen molar-refractivity contribution in [1.82, 2.24) is 10.2 Å². The van der Waals surface area contributed by atoms with Crippen LogP contribution in [0.4, 0.5) is 4.79 Å². The number of carbonyl (C=O) groups excluding carboxylic acids is 2. The topological polar surface area (TPSA) is 83.4 Å². The fraction of sp³-hybridized carbons (Fsp3) is 0.818. The summed E-state index contributed by atoms with van der Waals surface area (Å²) in [5, 5.41) is 11.3. The van der Waals surface area contributed by atoms with Crippen molar-refractivity contribution in [3.8, 4) is 12.3 Å². The zero-order valence-corrected chi connectivity index (χ0v) is 18.0. The molecule has 2 aliphatic heterocycles. The highest BCUT2D eigenvalue weighted by atomic mass is 16.6. The first-order valence-corrected chi connectivity index (χ1v) is 10.8. The molecule has 1 aliphatic carbocycles. The van der Waals surface area contributed by atoms with Crippen LogP contribution in [-0.2, 0) is 9.53 Å². The lowest BCUT2D eigenvalue weighted by atomic mass is 9.57. The Morgan fingerprint density at radius 3 is 2.52 bits per heavy atom. The molecule has 1 spiro atoms. The standard InChI is InChI=1S/C22H34N4O3/c1-5-6-11-22(24-25-22)12-8-18(27)23-15-17-16-26(19(28)29-20(2,3)4)14-13-21(17)9-7-10-21/h1,17H,6-16H2,2-4H3,(H,23,27). The molecule has 0 aromatic heterocycles. The van der Waals surface area contributed by atoms with Crippen molar-refractivity contribution in [2.24, 2.45) is 21.6 Å². The smallest absolute Gasteiger partial charge is 0.410 e. The van der Waals surface area contributed by atoms with E-state index in [9.17, 15) is 9.59 Å². The zero-order chi connectivity index (χ0) is 21.1. The molecular weight excluding hydrogens is 368 g/mol. The van der Waals surface area contributed by atoms with Crippen molar-refractivity contribution in [3.63, 3.8) is 0 Å². The van der Waals surface area contributed by atoms with Gasteiger partial charge in [0.05, 0.1) is 0 Å². The zero-order valence-electron chi connectivity index (χ0n) is 18.0. The molecule has 2 fully saturated rings. The number of hydrogen-bond acceptors (Lipinski definition) is 5. The molecule has 29 heavy (non-hydrogen) atoms. The highest BCUT2D eigenvalue weighted by Gasteiger charge is 2.48. The van der Waals surface area contributed by atoms with Gasteiger partial charge >= 0.3 is 6.09 Å². The minimum atomic E-state index is -0.499. The number of hydrogen-bond donors (Lipinski definition) is 1. The minimum Gasteiger partial charge on any atom is -0.444 e. The normalized spacial score (nSPS) is 23.8. The van der Waals surface area contributed by atoms with Gasteiger partial charge in [-0.1, -0.05) is 6.42 Å². The third-order valence-corrected chi connectivity index (χ3v) is 6.54. The number of nitrogens with one attached hydrogen (secondary N) is 1. The maximum atomic E-state index is 12.5. The molecule has 1 N–H and O–H groups in total. The highest BCUT2D eigenvalue weighted by molar-refractivity contribution is 5.76. The lowest BCUT2D eigenvalue weighted by Gasteiger charge is -2.53. The Bertz CT molecular complexity index is 694. The first kappa shape index (κ1) is 21.6. The molecule has 3 aliphatic rings. The number of terminal acetylenes is 1. The number of carbonyl (C=O) groups is 2. The summed E-state index contributed by atoms with van der Waals surface area (Å²) in [4.78, 5) is 26.7. The van der Waals surface area contributed by atoms with E-state index in [0.29, 0.717) is 38.8 Å². The van der Waals surface area contributed by atoms with Crippen LogP contribution in [0.1, 0.15) is 72.1 Å². The van der Waals surface area contributed by atoms with E-state index in [-0.39, 0.29) is 23.3 Å². The Morgan fingerprint density at radius 1 is 1.24 bits per heavy atom. The molecule has 1 atom stereocenters. The monoisotopic (exact) mass is 402 g/mol. The molecule has 3 rings (SSSR count). The van der Waals surface area contributed by atoms with Gasteiger partial charge in [0, 0.05) is 45.3 Å². The number of likely N-dealkylation sites (tertiary alicyclic amines) is 1. The second kappa shape index (κ2) is 8.33. The van der Waals surface area contributed by atoms with E-state index in [0.717, 1.165) is 13.0 Å². The quantitative estimate of drug-likeness (QED) is 0.656. The van der Waals surface area contributed by atoms with E-state index >= 15 is 0 Å². The number of piperidine rings is 1. The average Bonchev–Trinajstić information content (AvgIpc) is 3.40. The molecule has 1 saturated carbocycles. The van der Waals surface area contributed by atoms with Crippen LogP contribution in [0.2, 0.25) is 0 Å². The predicted molar refractivity (Wildman–Crippen MR) is 110 cm³/mol. The van der Waals surface area contributed by atoms with Crippen LogP contribution in [0, 0.1) is 23.7 Å². The lowest BCUT2D eigenvalue weighted by molar-refractivity contribution is -0.122. The summed E-state index contributed by atoms with van der Waals surface area (Å²) in [6.45, 7) is 7.63. The van der Waals surface area contributed by atoms with Gasteiger partial charge in [-0.25, -0.2) is 4.79 Å². The van der Waals surface area contributed by atoms with Gasteiger partial charge in [-0.2, -0.15) is 10.2 Å². The summed E-state index contributed by atoms with van der Waals surface area (Å²) < 4.78 is 5.55. The molecule has 0 aromatic rings. The summed E-state index contributed by atoms with van der Waals surface area (Å²) in [6.07, 6.45) is 12.0. The van der Waals surface area contributed by atoms with Crippen LogP contribution < -0.4 is 5.32 Å². The third kappa shape index (κ3) is 5.49. The second-order valence-electron chi connectivity index (χ2n) is 9.78. The van der Waals surface area contributed by atoms with Crippen molar-refractivity contribution in [3.05, 3.63) is 0 Å². The summed E-state index contributed by atoms with van der Waals surface area (Å²) in [5.41, 5.74) is -0.654. The summed E-state index contributed by atoms with van der Waals surface area (Å²) in [7, 11) is 0. The maximum absolute atomic E-state index is 12.5. The van der Waals surface area contributed by atoms with E-state index in [1.54, 1.807) is 0 Å². The van der Waals surface area contributed by atoms with Gasteiger partial charge in [-0.15, -0.1) is 12.3 Å². The number of ether oxygens (including phenoxy) is 1. The Balaban J connectivity index is 1.48. The first-order valence-electron chi connectivity index (χ1n) is 10.8. The van der Waals surface area contributed by atoms with Crippen LogP contribution in [0.25, 0.3) is 0 Å². The Labute approximate surface area is 174 Å². The number of rotatable bonds is 7. The van der Waals surface area contributed by atoms with Crippen LogP contribution in [0.3, 0.4) is 0 Å². The molecule has 1 unspecified atom stereocenters. The van der Waals surface area contributed by atoms with Gasteiger partial charge in [0.15, 0.2) is 5.66 Å². The predicted octanol–water partition coefficient (Wildman–Crippen LogP) is 3.89. The van der Waals surface area contributed by atoms with E-state index in [1.807, 2.05) is 25.7 Å². The van der Waals surface area contributed by atoms with Gasteiger partial charge in [-0.3, -0.25) is 4.79 Å². The maximum Gasteiger partial charge on any atom is 0.410 e. The van der Waals surface area contributed by atoms with Gasteiger partial charge in [0.25, 0.3) is 0 Å². The number of amides is 2. The molecule has 7 heteroatoms. The van der Waals surface area contributed by atoms with E-state index in [2.05, 4.69) is 21.5 Å².